The second-order valence-corrected chi connectivity index (χ2v) is 12.2. The summed E-state index contributed by atoms with van der Waals surface area (Å²) < 4.78 is 32.6. The molecule has 1 atom stereocenters. The van der Waals surface area contributed by atoms with Gasteiger partial charge in [0.2, 0.25) is 21.8 Å². The number of rotatable bonds is 14. The van der Waals surface area contributed by atoms with Crippen molar-refractivity contribution in [2.45, 2.75) is 52.6 Å². The molecule has 0 aliphatic carbocycles. The summed E-state index contributed by atoms with van der Waals surface area (Å²) in [5.41, 5.74) is 3.69. The number of nitrogens with zero attached hydrogens (tertiary/aromatic N) is 2. The molecule has 0 saturated carbocycles. The molecule has 0 aliphatic heterocycles. The predicted molar refractivity (Wildman–Crippen MR) is 164 cm³/mol. The lowest BCUT2D eigenvalue weighted by Gasteiger charge is -2.34. The zero-order valence-corrected chi connectivity index (χ0v) is 25.4. The fourth-order valence-electron chi connectivity index (χ4n) is 4.61. The van der Waals surface area contributed by atoms with Crippen molar-refractivity contribution in [2.75, 3.05) is 30.8 Å². The number of nitrogens with one attached hydrogen (secondary N) is 1. The molecule has 0 radical (unpaired) electrons. The van der Waals surface area contributed by atoms with Gasteiger partial charge in [0.25, 0.3) is 0 Å². The second kappa shape index (κ2) is 14.7. The van der Waals surface area contributed by atoms with Crippen LogP contribution in [0.3, 0.4) is 0 Å². The highest BCUT2D eigenvalue weighted by Crippen LogP contribution is 2.25. The lowest BCUT2D eigenvalue weighted by molar-refractivity contribution is -0.140. The molecule has 0 aliphatic rings. The molecule has 0 fully saturated rings. The fraction of sp³-hybridized carbons (Fsp3) is 0.375. The third-order valence-corrected chi connectivity index (χ3v) is 8.03. The topological polar surface area (TPSA) is 96.0 Å². The van der Waals surface area contributed by atoms with E-state index in [0.29, 0.717) is 18.0 Å². The van der Waals surface area contributed by atoms with E-state index in [1.54, 1.807) is 19.2 Å². The van der Waals surface area contributed by atoms with Gasteiger partial charge in [0, 0.05) is 19.5 Å². The number of carbonyl (C=O) groups is 2. The summed E-state index contributed by atoms with van der Waals surface area (Å²) in [6, 6.07) is 21.4. The van der Waals surface area contributed by atoms with Crippen molar-refractivity contribution in [3.63, 3.8) is 0 Å². The van der Waals surface area contributed by atoms with E-state index < -0.39 is 28.5 Å². The number of carbonyl (C=O) groups excluding carboxylic acids is 2. The number of sulfonamides is 1. The van der Waals surface area contributed by atoms with Gasteiger partial charge >= 0.3 is 0 Å². The molecule has 2 amide bonds. The van der Waals surface area contributed by atoms with E-state index in [2.05, 4.69) is 5.32 Å². The van der Waals surface area contributed by atoms with Gasteiger partial charge in [0.15, 0.2) is 0 Å². The Bertz CT molecular complexity index is 1430. The van der Waals surface area contributed by atoms with Crippen molar-refractivity contribution < 1.29 is 22.7 Å². The molecule has 41 heavy (non-hydrogen) atoms. The Hall–Kier alpha value is -3.85. The molecule has 1 unspecified atom stereocenters. The third-order valence-electron chi connectivity index (χ3n) is 6.90. The summed E-state index contributed by atoms with van der Waals surface area (Å²) >= 11 is 0. The maximum atomic E-state index is 14.2. The average Bonchev–Trinajstić information content (AvgIpc) is 2.95. The lowest BCUT2D eigenvalue weighted by atomic mass is 10.0. The van der Waals surface area contributed by atoms with Gasteiger partial charge < -0.3 is 15.0 Å². The van der Waals surface area contributed by atoms with Crippen molar-refractivity contribution in [3.05, 3.63) is 95.1 Å². The highest BCUT2D eigenvalue weighted by molar-refractivity contribution is 7.92. The van der Waals surface area contributed by atoms with E-state index in [9.17, 15) is 18.0 Å². The fourth-order valence-corrected chi connectivity index (χ4v) is 5.51. The molecule has 3 rings (SSSR count). The van der Waals surface area contributed by atoms with Crippen LogP contribution in [0, 0.1) is 13.8 Å². The lowest BCUT2D eigenvalue weighted by Crippen LogP contribution is -2.53. The molecule has 0 aromatic heterocycles. The van der Waals surface area contributed by atoms with E-state index in [1.165, 1.54) is 4.90 Å². The number of amides is 2. The smallest absolute Gasteiger partial charge is 0.244 e. The summed E-state index contributed by atoms with van der Waals surface area (Å²) in [6.07, 6.45) is 3.08. The number of hydrogen-bond donors (Lipinski definition) is 1. The second-order valence-electron chi connectivity index (χ2n) is 10.3. The first-order valence-corrected chi connectivity index (χ1v) is 15.7. The standard InChI is InChI=1S/C32H41N3O5S/c1-6-7-18-33-32(37)30(21-26-12-9-8-10-13-26)34(22-27-14-11-15-28(20-27)40-4)31(36)23-35(41(5,38)39)29-19-24(2)16-17-25(29)3/h8-17,19-20,30H,6-7,18,21-23H2,1-5H3,(H,33,37). The van der Waals surface area contributed by atoms with E-state index in [-0.39, 0.29) is 18.9 Å². The van der Waals surface area contributed by atoms with Gasteiger partial charge in [-0.05, 0) is 60.7 Å². The third kappa shape index (κ3) is 9.08. The Labute approximate surface area is 244 Å². The summed E-state index contributed by atoms with van der Waals surface area (Å²) in [6.45, 7) is 5.86. The van der Waals surface area contributed by atoms with Crippen LogP contribution in [0.2, 0.25) is 0 Å². The number of unbranched alkanes of at least 4 members (excludes halogenated alkanes) is 1. The van der Waals surface area contributed by atoms with Crippen LogP contribution in [0.1, 0.15) is 42.0 Å². The maximum absolute atomic E-state index is 14.2. The van der Waals surface area contributed by atoms with E-state index >= 15 is 0 Å². The molecule has 0 bridgehead atoms. The van der Waals surface area contributed by atoms with Crippen molar-refractivity contribution in [1.29, 1.82) is 0 Å². The minimum Gasteiger partial charge on any atom is -0.497 e. The van der Waals surface area contributed by atoms with Crippen molar-refractivity contribution >= 4 is 27.5 Å². The highest BCUT2D eigenvalue weighted by Gasteiger charge is 2.33. The monoisotopic (exact) mass is 579 g/mol. The summed E-state index contributed by atoms with van der Waals surface area (Å²) in [5, 5.41) is 2.99. The number of anilines is 1. The van der Waals surface area contributed by atoms with Gasteiger partial charge in [-0.15, -0.1) is 0 Å². The minimum absolute atomic E-state index is 0.0964. The van der Waals surface area contributed by atoms with E-state index in [0.717, 1.165) is 45.7 Å². The van der Waals surface area contributed by atoms with Crippen molar-refractivity contribution in [3.8, 4) is 5.75 Å². The molecule has 1 N–H and O–H groups in total. The summed E-state index contributed by atoms with van der Waals surface area (Å²) in [4.78, 5) is 29.4. The molecule has 0 heterocycles. The molecule has 9 heteroatoms. The Morgan fingerprint density at radius 2 is 1.66 bits per heavy atom. The number of aryl methyl sites for hydroxylation is 2. The van der Waals surface area contributed by atoms with Crippen molar-refractivity contribution in [1.82, 2.24) is 10.2 Å². The number of benzene rings is 3. The molecule has 8 nitrogen and oxygen atoms in total. The van der Waals surface area contributed by atoms with Crippen LogP contribution in [0.15, 0.2) is 72.8 Å². The van der Waals surface area contributed by atoms with Gasteiger partial charge in [0.1, 0.15) is 18.3 Å². The van der Waals surface area contributed by atoms with Crippen LogP contribution in [-0.2, 0) is 32.6 Å². The first kappa shape index (κ1) is 31.7. The molecule has 3 aromatic carbocycles. The zero-order chi connectivity index (χ0) is 30.0. The van der Waals surface area contributed by atoms with Crippen LogP contribution in [-0.4, -0.2) is 57.6 Å². The predicted octanol–water partition coefficient (Wildman–Crippen LogP) is 4.63. The van der Waals surface area contributed by atoms with Gasteiger partial charge in [0.05, 0.1) is 19.1 Å². The zero-order valence-electron chi connectivity index (χ0n) is 24.6. The van der Waals surface area contributed by atoms with Crippen molar-refractivity contribution in [2.24, 2.45) is 0 Å². The number of methoxy groups -OCH3 is 1. The maximum Gasteiger partial charge on any atom is 0.244 e. The number of ether oxygens (including phenoxy) is 1. The van der Waals surface area contributed by atoms with E-state index in [1.807, 2.05) is 81.4 Å². The molecule has 0 spiro atoms. The molecular formula is C32H41N3O5S. The first-order valence-electron chi connectivity index (χ1n) is 13.8. The quantitative estimate of drug-likeness (QED) is 0.281. The Kier molecular flexibility index (Phi) is 11.3. The first-order chi connectivity index (χ1) is 19.5. The summed E-state index contributed by atoms with van der Waals surface area (Å²) in [5.74, 6) is -0.142. The van der Waals surface area contributed by atoms with Gasteiger partial charge in [-0.25, -0.2) is 8.42 Å². The number of hydrogen-bond acceptors (Lipinski definition) is 5. The van der Waals surface area contributed by atoms with Crippen LogP contribution >= 0.6 is 0 Å². The minimum atomic E-state index is -3.83. The Balaban J connectivity index is 2.07. The Morgan fingerprint density at radius 1 is 0.951 bits per heavy atom. The van der Waals surface area contributed by atoms with Gasteiger partial charge in [-0.2, -0.15) is 0 Å². The van der Waals surface area contributed by atoms with E-state index in [4.69, 9.17) is 4.74 Å². The van der Waals surface area contributed by atoms with Crippen LogP contribution in [0.25, 0.3) is 0 Å². The van der Waals surface area contributed by atoms with Crippen LogP contribution in [0.4, 0.5) is 5.69 Å². The largest absolute Gasteiger partial charge is 0.497 e. The highest BCUT2D eigenvalue weighted by atomic mass is 32.2. The summed E-state index contributed by atoms with van der Waals surface area (Å²) in [7, 11) is -2.26. The average molecular weight is 580 g/mol. The van der Waals surface area contributed by atoms with Gasteiger partial charge in [-0.1, -0.05) is 67.9 Å². The molecule has 0 saturated heterocycles. The molecule has 220 valence electrons. The van der Waals surface area contributed by atoms with Gasteiger partial charge in [-0.3, -0.25) is 13.9 Å². The SMILES string of the molecule is CCCCNC(=O)C(Cc1ccccc1)N(Cc1cccc(OC)c1)C(=O)CN(c1cc(C)ccc1C)S(C)(=O)=O. The van der Waals surface area contributed by atoms with Crippen LogP contribution in [0.5, 0.6) is 5.75 Å². The normalized spacial score (nSPS) is 11.9. The molecule has 3 aromatic rings. The Morgan fingerprint density at radius 3 is 2.32 bits per heavy atom. The van der Waals surface area contributed by atoms with Crippen LogP contribution < -0.4 is 14.4 Å². The molecular weight excluding hydrogens is 538 g/mol.